The van der Waals surface area contributed by atoms with E-state index in [1.165, 1.54) is 13.2 Å². The quantitative estimate of drug-likeness (QED) is 0.473. The Morgan fingerprint density at radius 2 is 1.90 bits per heavy atom. The second-order valence-corrected chi connectivity index (χ2v) is 6.69. The second kappa shape index (κ2) is 8.42. The molecule has 0 aliphatic carbocycles. The first-order chi connectivity index (χ1) is 15.0. The molecule has 8 nitrogen and oxygen atoms in total. The minimum absolute atomic E-state index is 0.0450. The van der Waals surface area contributed by atoms with E-state index in [-0.39, 0.29) is 17.8 Å². The molecule has 1 aromatic carbocycles. The summed E-state index contributed by atoms with van der Waals surface area (Å²) in [5, 5.41) is 7.91. The summed E-state index contributed by atoms with van der Waals surface area (Å²) < 4.78 is 35.7. The van der Waals surface area contributed by atoms with Crippen LogP contribution < -0.4 is 10.2 Å². The van der Waals surface area contributed by atoms with E-state index in [0.717, 1.165) is 21.1 Å². The molecule has 4 aromatic rings. The lowest BCUT2D eigenvalue weighted by Crippen LogP contribution is -2.21. The molecule has 0 fully saturated rings. The molecular weight excluding hydrogens is 406 g/mol. The Morgan fingerprint density at radius 1 is 1.13 bits per heavy atom. The normalized spacial score (nSPS) is 11.0. The van der Waals surface area contributed by atoms with Crippen LogP contribution in [-0.2, 0) is 13.5 Å². The van der Waals surface area contributed by atoms with Crippen LogP contribution in [0, 0.1) is 11.8 Å². The van der Waals surface area contributed by atoms with Gasteiger partial charge in [-0.1, -0.05) is 18.2 Å². The number of rotatable bonds is 6. The highest BCUT2D eigenvalue weighted by molar-refractivity contribution is 5.56. The van der Waals surface area contributed by atoms with Gasteiger partial charge in [-0.2, -0.15) is 14.6 Å². The third-order valence-electron chi connectivity index (χ3n) is 4.53. The van der Waals surface area contributed by atoms with Crippen molar-refractivity contribution >= 4 is 0 Å². The fraction of sp³-hybridized carbons (Fsp3) is 0.190. The second-order valence-electron chi connectivity index (χ2n) is 6.69. The van der Waals surface area contributed by atoms with Gasteiger partial charge < -0.3 is 4.74 Å². The molecule has 0 unspecified atom stereocenters. The van der Waals surface area contributed by atoms with Crippen LogP contribution in [0.4, 0.5) is 8.78 Å². The van der Waals surface area contributed by atoms with E-state index < -0.39 is 17.2 Å². The van der Waals surface area contributed by atoms with Gasteiger partial charge in [0, 0.05) is 19.0 Å². The molecule has 3 heterocycles. The standard InChI is InChI=1S/C21H18F2N6O2/c1-3-31-15-9-24-21(25-10-15)14-6-4-5-13(7-14)8-17-19(30)16(22)12-29(27-17)18-11-26-28(2)20(18)23/h4-7,9-12H,3,8H2,1-2H3. The summed E-state index contributed by atoms with van der Waals surface area (Å²) in [6.07, 6.45) is 5.25. The smallest absolute Gasteiger partial charge is 0.239 e. The number of nitrogens with zero attached hydrogens (tertiary/aromatic N) is 6. The van der Waals surface area contributed by atoms with Gasteiger partial charge in [0.1, 0.15) is 11.4 Å². The minimum atomic E-state index is -1.03. The molecule has 4 rings (SSSR count). The molecule has 0 spiro atoms. The van der Waals surface area contributed by atoms with E-state index in [2.05, 4.69) is 20.2 Å². The van der Waals surface area contributed by atoms with Crippen molar-refractivity contribution in [2.75, 3.05) is 6.61 Å². The van der Waals surface area contributed by atoms with Crippen molar-refractivity contribution in [2.24, 2.45) is 7.05 Å². The third kappa shape index (κ3) is 4.18. The number of ether oxygens (including phenoxy) is 1. The van der Waals surface area contributed by atoms with Crippen LogP contribution in [0.25, 0.3) is 17.1 Å². The molecule has 31 heavy (non-hydrogen) atoms. The molecular formula is C21H18F2N6O2. The van der Waals surface area contributed by atoms with Gasteiger partial charge in [-0.25, -0.2) is 23.7 Å². The Kier molecular flexibility index (Phi) is 5.52. The minimum Gasteiger partial charge on any atom is -0.491 e. The Morgan fingerprint density at radius 3 is 2.58 bits per heavy atom. The molecule has 0 amide bonds. The van der Waals surface area contributed by atoms with Crippen molar-refractivity contribution in [3.8, 4) is 22.8 Å². The largest absolute Gasteiger partial charge is 0.491 e. The van der Waals surface area contributed by atoms with E-state index in [1.807, 2.05) is 13.0 Å². The van der Waals surface area contributed by atoms with Gasteiger partial charge in [0.2, 0.25) is 11.4 Å². The summed E-state index contributed by atoms with van der Waals surface area (Å²) in [5.41, 5.74) is 0.453. The third-order valence-corrected chi connectivity index (χ3v) is 4.53. The van der Waals surface area contributed by atoms with Crippen molar-refractivity contribution in [2.45, 2.75) is 13.3 Å². The number of hydrogen-bond acceptors (Lipinski definition) is 6. The first kappa shape index (κ1) is 20.3. The van der Waals surface area contributed by atoms with Crippen molar-refractivity contribution in [3.63, 3.8) is 0 Å². The van der Waals surface area contributed by atoms with Crippen molar-refractivity contribution in [1.29, 1.82) is 0 Å². The average molecular weight is 424 g/mol. The van der Waals surface area contributed by atoms with Crippen molar-refractivity contribution in [1.82, 2.24) is 29.5 Å². The number of halogens is 2. The van der Waals surface area contributed by atoms with Crippen LogP contribution in [0.1, 0.15) is 18.2 Å². The Labute approximate surface area is 175 Å². The van der Waals surface area contributed by atoms with Gasteiger partial charge in [-0.05, 0) is 18.6 Å². The molecule has 0 bridgehead atoms. The molecule has 0 radical (unpaired) electrons. The monoisotopic (exact) mass is 424 g/mol. The molecule has 0 saturated heterocycles. The van der Waals surface area contributed by atoms with Gasteiger partial charge in [-0.3, -0.25) is 4.79 Å². The number of aryl methyl sites for hydroxylation is 1. The molecule has 158 valence electrons. The predicted octanol–water partition coefficient (Wildman–Crippen LogP) is 2.69. The van der Waals surface area contributed by atoms with Gasteiger partial charge in [0.15, 0.2) is 17.4 Å². The number of benzene rings is 1. The lowest BCUT2D eigenvalue weighted by atomic mass is 10.1. The SMILES string of the molecule is CCOc1cnc(-c2cccc(Cc3nn(-c4cnn(C)c4F)cc(F)c3=O)c2)nc1. The van der Waals surface area contributed by atoms with Crippen molar-refractivity contribution in [3.05, 3.63) is 82.3 Å². The molecule has 0 saturated carbocycles. The first-order valence-corrected chi connectivity index (χ1v) is 9.46. The van der Waals surface area contributed by atoms with Gasteiger partial charge >= 0.3 is 0 Å². The fourth-order valence-corrected chi connectivity index (χ4v) is 3.03. The van der Waals surface area contributed by atoms with Gasteiger partial charge in [-0.15, -0.1) is 0 Å². The van der Waals surface area contributed by atoms with E-state index in [9.17, 15) is 13.6 Å². The van der Waals surface area contributed by atoms with Crippen LogP contribution in [0.5, 0.6) is 5.75 Å². The molecule has 0 atom stereocenters. The molecule has 0 aliphatic rings. The Balaban J connectivity index is 1.66. The Hall–Kier alpha value is -3.95. The van der Waals surface area contributed by atoms with E-state index in [0.29, 0.717) is 23.7 Å². The van der Waals surface area contributed by atoms with Crippen LogP contribution in [0.2, 0.25) is 0 Å². The zero-order valence-electron chi connectivity index (χ0n) is 16.8. The summed E-state index contributed by atoms with van der Waals surface area (Å²) in [5.74, 6) is -0.683. The van der Waals surface area contributed by atoms with Crippen LogP contribution in [-0.4, -0.2) is 36.1 Å². The van der Waals surface area contributed by atoms with E-state index in [1.54, 1.807) is 30.6 Å². The zero-order valence-corrected chi connectivity index (χ0v) is 16.8. The zero-order chi connectivity index (χ0) is 22.0. The molecule has 10 heteroatoms. The maximum Gasteiger partial charge on any atom is 0.239 e. The molecule has 3 aromatic heterocycles. The first-order valence-electron chi connectivity index (χ1n) is 9.46. The van der Waals surface area contributed by atoms with Crippen LogP contribution >= 0.6 is 0 Å². The van der Waals surface area contributed by atoms with E-state index in [4.69, 9.17) is 4.74 Å². The number of hydrogen-bond donors (Lipinski definition) is 0. The highest BCUT2D eigenvalue weighted by atomic mass is 19.1. The topological polar surface area (TPSA) is 87.7 Å². The molecule has 0 N–H and O–H groups in total. The number of aromatic nitrogens is 6. The van der Waals surface area contributed by atoms with Crippen LogP contribution in [0.3, 0.4) is 0 Å². The summed E-state index contributed by atoms with van der Waals surface area (Å²) in [6, 6.07) is 7.17. The summed E-state index contributed by atoms with van der Waals surface area (Å²) in [6.45, 7) is 2.38. The maximum absolute atomic E-state index is 14.3. The maximum atomic E-state index is 14.3. The summed E-state index contributed by atoms with van der Waals surface area (Å²) in [4.78, 5) is 20.9. The van der Waals surface area contributed by atoms with E-state index >= 15 is 0 Å². The molecule has 0 aliphatic heterocycles. The van der Waals surface area contributed by atoms with Crippen molar-refractivity contribution < 1.29 is 13.5 Å². The van der Waals surface area contributed by atoms with Gasteiger partial charge in [0.05, 0.1) is 31.4 Å². The van der Waals surface area contributed by atoms with Crippen LogP contribution in [0.15, 0.2) is 53.8 Å². The average Bonchev–Trinajstić information content (AvgIpc) is 3.11. The highest BCUT2D eigenvalue weighted by Gasteiger charge is 2.16. The lowest BCUT2D eigenvalue weighted by Gasteiger charge is -2.08. The summed E-state index contributed by atoms with van der Waals surface area (Å²) >= 11 is 0. The highest BCUT2D eigenvalue weighted by Crippen LogP contribution is 2.19. The Bertz CT molecular complexity index is 1280. The fourth-order valence-electron chi connectivity index (χ4n) is 3.03. The lowest BCUT2D eigenvalue weighted by molar-refractivity contribution is 0.337. The van der Waals surface area contributed by atoms with Gasteiger partial charge in [0.25, 0.3) is 0 Å². The predicted molar refractivity (Wildman–Crippen MR) is 108 cm³/mol. The summed E-state index contributed by atoms with van der Waals surface area (Å²) in [7, 11) is 1.41.